The summed E-state index contributed by atoms with van der Waals surface area (Å²) in [5.74, 6) is 0.811. The molecule has 7 heteroatoms. The maximum atomic E-state index is 12.5. The Morgan fingerprint density at radius 1 is 1.19 bits per heavy atom. The maximum Gasteiger partial charge on any atom is 0.291 e. The average molecular weight is 396 g/mol. The van der Waals surface area contributed by atoms with Gasteiger partial charge in [-0.25, -0.2) is 4.98 Å². The lowest BCUT2D eigenvalue weighted by atomic mass is 10.1. The molecular formula is C20H17N3O2S2. The van der Waals surface area contributed by atoms with Crippen LogP contribution < -0.4 is 10.6 Å². The van der Waals surface area contributed by atoms with Gasteiger partial charge in [-0.2, -0.15) is 0 Å². The monoisotopic (exact) mass is 395 g/mol. The van der Waals surface area contributed by atoms with Crippen molar-refractivity contribution >= 4 is 39.4 Å². The van der Waals surface area contributed by atoms with Crippen LogP contribution in [0.25, 0.3) is 0 Å². The molecule has 1 atom stereocenters. The molecule has 5 nitrogen and oxygen atoms in total. The van der Waals surface area contributed by atoms with Crippen molar-refractivity contribution in [3.8, 4) is 0 Å². The minimum absolute atomic E-state index is 0.114. The Kier molecular flexibility index (Phi) is 5.04. The second kappa shape index (κ2) is 7.77. The largest absolute Gasteiger partial charge is 0.459 e. The Bertz CT molecular complexity index is 1010. The first-order valence-corrected chi connectivity index (χ1v) is 10.1. The zero-order valence-corrected chi connectivity index (χ0v) is 16.1. The van der Waals surface area contributed by atoms with Crippen molar-refractivity contribution in [2.45, 2.75) is 13.0 Å². The Morgan fingerprint density at radius 2 is 2.11 bits per heavy atom. The highest BCUT2D eigenvalue weighted by Gasteiger charge is 2.23. The highest BCUT2D eigenvalue weighted by Crippen LogP contribution is 2.38. The average Bonchev–Trinajstić information content (AvgIpc) is 3.43. The highest BCUT2D eigenvalue weighted by atomic mass is 32.1. The summed E-state index contributed by atoms with van der Waals surface area (Å²) in [4.78, 5) is 19.1. The molecule has 0 fully saturated rings. The van der Waals surface area contributed by atoms with Crippen LogP contribution in [-0.2, 0) is 0 Å². The van der Waals surface area contributed by atoms with Gasteiger partial charge in [0.2, 0.25) is 0 Å². The first kappa shape index (κ1) is 17.5. The first-order chi connectivity index (χ1) is 13.2. The number of hydrogen-bond acceptors (Lipinski definition) is 6. The molecule has 4 aromatic rings. The van der Waals surface area contributed by atoms with Crippen molar-refractivity contribution in [3.63, 3.8) is 0 Å². The number of nitrogens with zero attached hydrogens (tertiary/aromatic N) is 1. The summed E-state index contributed by atoms with van der Waals surface area (Å²) in [6, 6.07) is 15.2. The number of aryl methyl sites for hydroxylation is 1. The van der Waals surface area contributed by atoms with Crippen molar-refractivity contribution in [2.75, 3.05) is 10.6 Å². The number of thiophene rings is 2. The molecule has 1 unspecified atom stereocenters. The molecule has 136 valence electrons. The van der Waals surface area contributed by atoms with Crippen LogP contribution in [-0.4, -0.2) is 10.9 Å². The number of carbonyl (C=O) groups is 1. The number of amides is 1. The molecular weight excluding hydrogens is 378 g/mol. The fourth-order valence-corrected chi connectivity index (χ4v) is 4.51. The lowest BCUT2D eigenvalue weighted by Gasteiger charge is -2.19. The predicted octanol–water partition coefficient (Wildman–Crippen LogP) is 5.56. The number of carbonyl (C=O) groups excluding carboxylic acids is 1. The SMILES string of the molecule is Cc1cc(C(Nc2ccccn2)c2cccs2)c(NC(=O)c2ccco2)s1. The number of nitrogens with one attached hydrogen (secondary N) is 2. The highest BCUT2D eigenvalue weighted by molar-refractivity contribution is 7.16. The molecule has 0 aliphatic carbocycles. The number of pyridine rings is 1. The number of aromatic nitrogens is 1. The predicted molar refractivity (Wildman–Crippen MR) is 110 cm³/mol. The van der Waals surface area contributed by atoms with Crippen LogP contribution in [0, 0.1) is 6.92 Å². The van der Waals surface area contributed by atoms with E-state index in [1.54, 1.807) is 41.0 Å². The summed E-state index contributed by atoms with van der Waals surface area (Å²) in [7, 11) is 0. The Morgan fingerprint density at radius 3 is 2.81 bits per heavy atom. The van der Waals surface area contributed by atoms with E-state index in [-0.39, 0.29) is 17.7 Å². The Hall–Kier alpha value is -2.90. The van der Waals surface area contributed by atoms with Crippen molar-refractivity contribution in [1.82, 2.24) is 4.98 Å². The van der Waals surface area contributed by atoms with E-state index in [1.165, 1.54) is 6.26 Å². The van der Waals surface area contributed by atoms with Crippen LogP contribution in [0.5, 0.6) is 0 Å². The van der Waals surface area contributed by atoms with Gasteiger partial charge in [0, 0.05) is 21.5 Å². The summed E-state index contributed by atoms with van der Waals surface area (Å²) in [5.41, 5.74) is 1.01. The molecule has 0 spiro atoms. The Balaban J connectivity index is 1.69. The summed E-state index contributed by atoms with van der Waals surface area (Å²) in [5, 5.41) is 9.33. The zero-order valence-electron chi connectivity index (χ0n) is 14.5. The van der Waals surface area contributed by atoms with Gasteiger partial charge in [-0.1, -0.05) is 12.1 Å². The fourth-order valence-electron chi connectivity index (χ4n) is 2.77. The molecule has 1 amide bonds. The normalized spacial score (nSPS) is 11.9. The van der Waals surface area contributed by atoms with Crippen molar-refractivity contribution in [2.24, 2.45) is 0 Å². The van der Waals surface area contributed by atoms with Gasteiger partial charge >= 0.3 is 0 Å². The van der Waals surface area contributed by atoms with Crippen molar-refractivity contribution in [3.05, 3.63) is 87.4 Å². The third kappa shape index (κ3) is 3.94. The van der Waals surface area contributed by atoms with Gasteiger partial charge in [0.1, 0.15) is 10.8 Å². The van der Waals surface area contributed by atoms with E-state index in [0.717, 1.165) is 26.1 Å². The number of hydrogen-bond donors (Lipinski definition) is 2. The molecule has 0 saturated heterocycles. The minimum Gasteiger partial charge on any atom is -0.459 e. The van der Waals surface area contributed by atoms with Gasteiger partial charge < -0.3 is 15.1 Å². The molecule has 4 aromatic heterocycles. The second-order valence-electron chi connectivity index (χ2n) is 5.88. The zero-order chi connectivity index (χ0) is 18.6. The second-order valence-corrected chi connectivity index (χ2v) is 8.12. The van der Waals surface area contributed by atoms with Crippen molar-refractivity contribution < 1.29 is 9.21 Å². The van der Waals surface area contributed by atoms with Crippen LogP contribution in [0.3, 0.4) is 0 Å². The molecule has 27 heavy (non-hydrogen) atoms. The Labute approximate surface area is 164 Å². The van der Waals surface area contributed by atoms with E-state index < -0.39 is 0 Å². The van der Waals surface area contributed by atoms with E-state index >= 15 is 0 Å². The van der Waals surface area contributed by atoms with Crippen LogP contribution in [0.1, 0.15) is 31.9 Å². The van der Waals surface area contributed by atoms with E-state index in [0.29, 0.717) is 0 Å². The first-order valence-electron chi connectivity index (χ1n) is 8.37. The van der Waals surface area contributed by atoms with Crippen LogP contribution >= 0.6 is 22.7 Å². The molecule has 0 saturated carbocycles. The van der Waals surface area contributed by atoms with E-state index in [2.05, 4.69) is 27.8 Å². The van der Waals surface area contributed by atoms with Gasteiger partial charge in [-0.3, -0.25) is 4.79 Å². The lowest BCUT2D eigenvalue weighted by molar-refractivity contribution is 0.0997. The standard InChI is InChI=1S/C20H17N3O2S2/c1-13-12-14(20(27-13)23-19(24)15-6-4-10-25-15)18(16-7-5-11-26-16)22-17-8-2-3-9-21-17/h2-12,18H,1H3,(H,21,22)(H,23,24). The van der Waals surface area contributed by atoms with Gasteiger partial charge in [0.05, 0.1) is 12.3 Å². The number of rotatable bonds is 6. The molecule has 4 heterocycles. The minimum atomic E-state index is -0.258. The molecule has 4 rings (SSSR count). The maximum absolute atomic E-state index is 12.5. The molecule has 0 radical (unpaired) electrons. The van der Waals surface area contributed by atoms with Gasteiger partial charge in [0.25, 0.3) is 5.91 Å². The topological polar surface area (TPSA) is 67.2 Å². The summed E-state index contributed by atoms with van der Waals surface area (Å²) >= 11 is 3.21. The third-order valence-corrected chi connectivity index (χ3v) is 5.87. The molecule has 0 bridgehead atoms. The fraction of sp³-hybridized carbons (Fsp3) is 0.100. The third-order valence-electron chi connectivity index (χ3n) is 3.95. The number of anilines is 2. The molecule has 0 aliphatic heterocycles. The molecule has 2 N–H and O–H groups in total. The quantitative estimate of drug-likeness (QED) is 0.448. The van der Waals surface area contributed by atoms with E-state index in [1.807, 2.05) is 36.6 Å². The number of furan rings is 1. The smallest absolute Gasteiger partial charge is 0.291 e. The molecule has 0 aliphatic rings. The lowest BCUT2D eigenvalue weighted by Crippen LogP contribution is -2.16. The van der Waals surface area contributed by atoms with Crippen LogP contribution in [0.4, 0.5) is 10.8 Å². The van der Waals surface area contributed by atoms with Crippen molar-refractivity contribution in [1.29, 1.82) is 0 Å². The van der Waals surface area contributed by atoms with Crippen LogP contribution in [0.2, 0.25) is 0 Å². The summed E-state index contributed by atoms with van der Waals surface area (Å²) in [6.07, 6.45) is 3.25. The molecule has 0 aromatic carbocycles. The summed E-state index contributed by atoms with van der Waals surface area (Å²) < 4.78 is 5.21. The van der Waals surface area contributed by atoms with Gasteiger partial charge in [-0.05, 0) is 48.7 Å². The van der Waals surface area contributed by atoms with Gasteiger partial charge in [0.15, 0.2) is 5.76 Å². The summed E-state index contributed by atoms with van der Waals surface area (Å²) in [6.45, 7) is 2.03. The van der Waals surface area contributed by atoms with Crippen LogP contribution in [0.15, 0.2) is 70.8 Å². The van der Waals surface area contributed by atoms with E-state index in [9.17, 15) is 4.79 Å². The van der Waals surface area contributed by atoms with Gasteiger partial charge in [-0.15, -0.1) is 22.7 Å². The van der Waals surface area contributed by atoms with E-state index in [4.69, 9.17) is 4.42 Å².